The van der Waals surface area contributed by atoms with Gasteiger partial charge in [-0.3, -0.25) is 4.98 Å². The molecule has 0 aliphatic heterocycles. The SMILES string of the molecule is c1ccc(-c2cc3c4ccccc4n(-c4ccc5oc6cccnc6c5c4)c3cc2-c2cccc3c2c2ccccc2n3-c2ccccc2)cc1. The van der Waals surface area contributed by atoms with Gasteiger partial charge < -0.3 is 13.6 Å². The summed E-state index contributed by atoms with van der Waals surface area (Å²) >= 11 is 0. The van der Waals surface area contributed by atoms with Crippen LogP contribution in [0, 0.1) is 0 Å². The Labute approximate surface area is 293 Å². The van der Waals surface area contributed by atoms with Gasteiger partial charge in [-0.15, -0.1) is 0 Å². The third kappa shape index (κ3) is 4.11. The zero-order valence-corrected chi connectivity index (χ0v) is 27.5. The highest BCUT2D eigenvalue weighted by Gasteiger charge is 2.22. The first-order valence-electron chi connectivity index (χ1n) is 17.3. The molecule has 7 aromatic carbocycles. The Balaban J connectivity index is 1.27. The van der Waals surface area contributed by atoms with E-state index in [-0.39, 0.29) is 0 Å². The van der Waals surface area contributed by atoms with Gasteiger partial charge in [0.2, 0.25) is 0 Å². The molecule has 0 spiro atoms. The molecule has 11 aromatic rings. The fraction of sp³-hybridized carbons (Fsp3) is 0. The summed E-state index contributed by atoms with van der Waals surface area (Å²) in [7, 11) is 0. The highest BCUT2D eigenvalue weighted by molar-refractivity contribution is 6.19. The molecule has 51 heavy (non-hydrogen) atoms. The van der Waals surface area contributed by atoms with Crippen LogP contribution in [-0.2, 0) is 0 Å². The maximum absolute atomic E-state index is 6.18. The van der Waals surface area contributed by atoms with E-state index in [1.165, 1.54) is 54.8 Å². The number of hydrogen-bond acceptors (Lipinski definition) is 2. The van der Waals surface area contributed by atoms with Crippen molar-refractivity contribution in [1.29, 1.82) is 0 Å². The summed E-state index contributed by atoms with van der Waals surface area (Å²) in [5.41, 5.74) is 14.2. The third-order valence-electron chi connectivity index (χ3n) is 10.4. The van der Waals surface area contributed by atoms with Crippen LogP contribution in [0.25, 0.3) is 99.3 Å². The van der Waals surface area contributed by atoms with Gasteiger partial charge in [0.15, 0.2) is 5.58 Å². The van der Waals surface area contributed by atoms with Gasteiger partial charge in [0.25, 0.3) is 0 Å². The van der Waals surface area contributed by atoms with Crippen LogP contribution in [0.1, 0.15) is 0 Å². The number of pyridine rings is 1. The maximum Gasteiger partial charge on any atom is 0.153 e. The topological polar surface area (TPSA) is 35.9 Å². The Morgan fingerprint density at radius 1 is 0.392 bits per heavy atom. The normalized spacial score (nSPS) is 11.9. The molecule has 0 atom stereocenters. The van der Waals surface area contributed by atoms with Crippen molar-refractivity contribution in [1.82, 2.24) is 14.1 Å². The predicted molar refractivity (Wildman–Crippen MR) is 211 cm³/mol. The van der Waals surface area contributed by atoms with Crippen LogP contribution in [0.2, 0.25) is 0 Å². The Hall–Kier alpha value is -6.91. The molecule has 0 N–H and O–H groups in total. The molecular formula is C47H29N3O. The van der Waals surface area contributed by atoms with Gasteiger partial charge in [-0.2, -0.15) is 0 Å². The number of fused-ring (bicyclic) bond motifs is 9. The van der Waals surface area contributed by atoms with E-state index >= 15 is 0 Å². The van der Waals surface area contributed by atoms with Crippen molar-refractivity contribution in [2.45, 2.75) is 0 Å². The molecule has 4 aromatic heterocycles. The van der Waals surface area contributed by atoms with E-state index in [1.54, 1.807) is 0 Å². The molecular weight excluding hydrogens is 623 g/mol. The van der Waals surface area contributed by atoms with Crippen molar-refractivity contribution in [2.75, 3.05) is 0 Å². The second-order valence-corrected chi connectivity index (χ2v) is 13.2. The van der Waals surface area contributed by atoms with Crippen LogP contribution in [0.4, 0.5) is 0 Å². The Kier molecular flexibility index (Phi) is 5.92. The first-order valence-corrected chi connectivity index (χ1v) is 17.3. The molecule has 0 fully saturated rings. The summed E-state index contributed by atoms with van der Waals surface area (Å²) in [6.07, 6.45) is 1.83. The average molecular weight is 652 g/mol. The predicted octanol–water partition coefficient (Wildman–Crippen LogP) is 12.5. The molecule has 0 amide bonds. The molecule has 0 bridgehead atoms. The largest absolute Gasteiger partial charge is 0.454 e. The lowest BCUT2D eigenvalue weighted by atomic mass is 9.90. The van der Waals surface area contributed by atoms with Gasteiger partial charge in [-0.05, 0) is 95.1 Å². The molecule has 4 nitrogen and oxygen atoms in total. The van der Waals surface area contributed by atoms with Gasteiger partial charge in [0, 0.05) is 44.5 Å². The highest BCUT2D eigenvalue weighted by Crippen LogP contribution is 2.45. The second-order valence-electron chi connectivity index (χ2n) is 13.2. The minimum absolute atomic E-state index is 0.796. The molecule has 11 rings (SSSR count). The Morgan fingerprint density at radius 2 is 1.10 bits per heavy atom. The van der Waals surface area contributed by atoms with Crippen molar-refractivity contribution in [3.8, 4) is 33.6 Å². The van der Waals surface area contributed by atoms with E-state index in [0.717, 1.165) is 44.5 Å². The number of nitrogens with zero attached hydrogens (tertiary/aromatic N) is 3. The van der Waals surface area contributed by atoms with E-state index in [4.69, 9.17) is 4.42 Å². The van der Waals surface area contributed by atoms with Crippen LogP contribution in [-0.4, -0.2) is 14.1 Å². The van der Waals surface area contributed by atoms with E-state index in [2.05, 4.69) is 172 Å². The summed E-state index contributed by atoms with van der Waals surface area (Å²) in [5.74, 6) is 0. The van der Waals surface area contributed by atoms with Crippen molar-refractivity contribution >= 4 is 65.7 Å². The Morgan fingerprint density at radius 3 is 1.94 bits per heavy atom. The molecule has 238 valence electrons. The van der Waals surface area contributed by atoms with Gasteiger partial charge >= 0.3 is 0 Å². The summed E-state index contributed by atoms with van der Waals surface area (Å²) in [5, 5.41) is 5.91. The zero-order chi connectivity index (χ0) is 33.5. The zero-order valence-electron chi connectivity index (χ0n) is 27.5. The summed E-state index contributed by atoms with van der Waals surface area (Å²) < 4.78 is 11.0. The van der Waals surface area contributed by atoms with Gasteiger partial charge in [-0.1, -0.05) is 97.1 Å². The van der Waals surface area contributed by atoms with E-state index < -0.39 is 0 Å². The van der Waals surface area contributed by atoms with Gasteiger partial charge in [-0.25, -0.2) is 0 Å². The van der Waals surface area contributed by atoms with Crippen molar-refractivity contribution in [3.05, 3.63) is 176 Å². The molecule has 0 saturated heterocycles. The van der Waals surface area contributed by atoms with Crippen LogP contribution in [0.3, 0.4) is 0 Å². The van der Waals surface area contributed by atoms with Crippen LogP contribution in [0.5, 0.6) is 0 Å². The minimum atomic E-state index is 0.796. The molecule has 4 heterocycles. The fourth-order valence-corrected chi connectivity index (χ4v) is 8.20. The average Bonchev–Trinajstić information content (AvgIpc) is 3.85. The molecule has 0 radical (unpaired) electrons. The highest BCUT2D eigenvalue weighted by atomic mass is 16.3. The van der Waals surface area contributed by atoms with Crippen molar-refractivity contribution < 1.29 is 4.42 Å². The lowest BCUT2D eigenvalue weighted by molar-refractivity contribution is 0.668. The smallest absolute Gasteiger partial charge is 0.153 e. The third-order valence-corrected chi connectivity index (χ3v) is 10.4. The van der Waals surface area contributed by atoms with Crippen molar-refractivity contribution in [3.63, 3.8) is 0 Å². The lowest BCUT2D eigenvalue weighted by Gasteiger charge is -2.15. The van der Waals surface area contributed by atoms with E-state index in [9.17, 15) is 0 Å². The van der Waals surface area contributed by atoms with Crippen LogP contribution >= 0.6 is 0 Å². The first-order chi connectivity index (χ1) is 25.3. The summed E-state index contributed by atoms with van der Waals surface area (Å²) in [4.78, 5) is 4.69. The number of para-hydroxylation sites is 3. The fourth-order valence-electron chi connectivity index (χ4n) is 8.20. The quantitative estimate of drug-likeness (QED) is 0.190. The van der Waals surface area contributed by atoms with Crippen LogP contribution < -0.4 is 0 Å². The summed E-state index contributed by atoms with van der Waals surface area (Å²) in [6.45, 7) is 0. The van der Waals surface area contributed by atoms with E-state index in [0.29, 0.717) is 0 Å². The second kappa shape index (κ2) is 10.8. The summed E-state index contributed by atoms with van der Waals surface area (Å²) in [6, 6.07) is 60.9. The molecule has 0 aliphatic carbocycles. The Bertz CT molecular complexity index is 3130. The standard InChI is InChI=1S/C47H29N3O/c1-3-13-30(14-4-1)36-28-38-33-17-7-9-20-40(33)50(32-24-25-44-39(27-32)47-45(51-44)23-12-26-48-47)43(38)29-37(36)34-19-11-22-42-46(34)35-18-8-10-21-41(35)49(42)31-15-5-2-6-16-31/h1-29H. The number of benzene rings is 7. The minimum Gasteiger partial charge on any atom is -0.454 e. The monoisotopic (exact) mass is 651 g/mol. The molecule has 0 unspecified atom stereocenters. The number of aromatic nitrogens is 3. The number of furan rings is 1. The number of rotatable bonds is 4. The number of hydrogen-bond donors (Lipinski definition) is 0. The van der Waals surface area contributed by atoms with E-state index in [1.807, 2.05) is 18.3 Å². The van der Waals surface area contributed by atoms with Crippen molar-refractivity contribution in [2.24, 2.45) is 0 Å². The first kappa shape index (κ1) is 28.0. The lowest BCUT2D eigenvalue weighted by Crippen LogP contribution is -1.95. The van der Waals surface area contributed by atoms with Gasteiger partial charge in [0.05, 0.1) is 22.1 Å². The maximum atomic E-state index is 6.18. The van der Waals surface area contributed by atoms with Crippen LogP contribution in [0.15, 0.2) is 180 Å². The molecule has 0 aliphatic rings. The molecule has 0 saturated carbocycles. The van der Waals surface area contributed by atoms with Gasteiger partial charge in [0.1, 0.15) is 11.1 Å². The molecule has 4 heteroatoms.